The molecule has 3 fully saturated rings. The molecular weight excluding hydrogens is 595 g/mol. The van der Waals surface area contributed by atoms with Gasteiger partial charge < -0.3 is 14.4 Å². The Balaban J connectivity index is 0.000000352. The fourth-order valence-electron chi connectivity index (χ4n) is 6.74. The Morgan fingerprint density at radius 2 is 2.00 bits per heavy atom. The van der Waals surface area contributed by atoms with Crippen LogP contribution in [0.1, 0.15) is 38.2 Å². The van der Waals surface area contributed by atoms with Gasteiger partial charge in [-0.05, 0) is 50.3 Å². The molecule has 2 aromatic carbocycles. The van der Waals surface area contributed by atoms with Crippen molar-refractivity contribution in [1.82, 2.24) is 24.8 Å². The molecule has 238 valence electrons. The molecule has 0 radical (unpaired) electrons. The summed E-state index contributed by atoms with van der Waals surface area (Å²) in [5, 5.41) is 1.25. The summed E-state index contributed by atoms with van der Waals surface area (Å²) >= 11 is 0. The van der Waals surface area contributed by atoms with Gasteiger partial charge in [0.05, 0.1) is 24.1 Å². The lowest BCUT2D eigenvalue weighted by molar-refractivity contribution is -0.127. The molecule has 46 heavy (non-hydrogen) atoms. The standard InChI is InChI=1S/C28H22F2N4O3.C7H12FN/c1-5-17-20(29)11-10-16-8-7-9-18(23(16)17)25-24(30)26-19(14-31-25)27(33-28(32-26)36-4)37-21-12-13-34(15(21)3)22(35)6-2;8-6-4-7-2-1-3-9(7)5-6/h1,6-11,14-15,21H,2,12-13H2,3-4H3;6-7H,1-5H2. The number of aromatic nitrogens is 3. The highest BCUT2D eigenvalue weighted by molar-refractivity contribution is 6.01. The van der Waals surface area contributed by atoms with Crippen LogP contribution in [0, 0.1) is 24.0 Å². The van der Waals surface area contributed by atoms with Crippen LogP contribution in [0.25, 0.3) is 32.9 Å². The van der Waals surface area contributed by atoms with Gasteiger partial charge in [-0.2, -0.15) is 9.97 Å². The summed E-state index contributed by atoms with van der Waals surface area (Å²) in [7, 11) is 1.36. The van der Waals surface area contributed by atoms with Crippen molar-refractivity contribution in [3.63, 3.8) is 0 Å². The zero-order valence-corrected chi connectivity index (χ0v) is 25.7. The van der Waals surface area contributed by atoms with Crippen molar-refractivity contribution in [2.45, 2.75) is 57.0 Å². The summed E-state index contributed by atoms with van der Waals surface area (Å²) in [6.45, 7) is 7.75. The van der Waals surface area contributed by atoms with Gasteiger partial charge in [0.1, 0.15) is 29.3 Å². The number of ether oxygens (including phenoxy) is 2. The monoisotopic (exact) mass is 629 g/mol. The van der Waals surface area contributed by atoms with Crippen molar-refractivity contribution in [2.24, 2.45) is 0 Å². The number of terminal acetylenes is 1. The molecule has 3 aliphatic rings. The molecule has 0 saturated carbocycles. The van der Waals surface area contributed by atoms with E-state index in [0.717, 1.165) is 13.0 Å². The highest BCUT2D eigenvalue weighted by Crippen LogP contribution is 2.37. The van der Waals surface area contributed by atoms with Crippen molar-refractivity contribution in [2.75, 3.05) is 26.7 Å². The number of alkyl halides is 1. The lowest BCUT2D eigenvalue weighted by Gasteiger charge is -2.24. The third-order valence-electron chi connectivity index (χ3n) is 9.07. The quantitative estimate of drug-likeness (QED) is 0.202. The summed E-state index contributed by atoms with van der Waals surface area (Å²) in [4.78, 5) is 28.9. The first kappa shape index (κ1) is 31.3. The molecule has 11 heteroatoms. The van der Waals surface area contributed by atoms with Crippen molar-refractivity contribution in [3.8, 4) is 35.5 Å². The van der Waals surface area contributed by atoms with Gasteiger partial charge >= 0.3 is 6.01 Å². The summed E-state index contributed by atoms with van der Waals surface area (Å²) < 4.78 is 54.5. The first-order valence-electron chi connectivity index (χ1n) is 15.3. The summed E-state index contributed by atoms with van der Waals surface area (Å²) in [5.41, 5.74) is 0.219. The number of pyridine rings is 1. The Morgan fingerprint density at radius 1 is 1.17 bits per heavy atom. The topological polar surface area (TPSA) is 80.7 Å². The Labute approximate surface area is 265 Å². The molecule has 5 heterocycles. The first-order valence-corrected chi connectivity index (χ1v) is 15.3. The van der Waals surface area contributed by atoms with Crippen molar-refractivity contribution >= 4 is 27.6 Å². The molecule has 3 aliphatic heterocycles. The molecule has 0 N–H and O–H groups in total. The number of halogens is 3. The van der Waals surface area contributed by atoms with E-state index in [1.807, 2.05) is 6.92 Å². The largest absolute Gasteiger partial charge is 0.471 e. The smallest absolute Gasteiger partial charge is 0.320 e. The van der Waals surface area contributed by atoms with Crippen molar-refractivity contribution < 1.29 is 27.4 Å². The second kappa shape index (κ2) is 13.0. The van der Waals surface area contributed by atoms with Crippen LogP contribution in [0.3, 0.4) is 0 Å². The van der Waals surface area contributed by atoms with Crippen LogP contribution in [-0.4, -0.2) is 81.8 Å². The molecule has 4 aromatic rings. The third kappa shape index (κ3) is 5.73. The number of carbonyl (C=O) groups excluding carboxylic acids is 1. The van der Waals surface area contributed by atoms with Crippen LogP contribution in [0.15, 0.2) is 49.2 Å². The second-order valence-electron chi connectivity index (χ2n) is 11.7. The maximum Gasteiger partial charge on any atom is 0.320 e. The van der Waals surface area contributed by atoms with Crippen LogP contribution in [0.4, 0.5) is 13.2 Å². The van der Waals surface area contributed by atoms with Gasteiger partial charge in [0.25, 0.3) is 0 Å². The van der Waals surface area contributed by atoms with Gasteiger partial charge in [0.2, 0.25) is 11.8 Å². The fraction of sp³-hybridized carbons (Fsp3) is 0.371. The summed E-state index contributed by atoms with van der Waals surface area (Å²) in [6, 6.07) is 8.21. The van der Waals surface area contributed by atoms with E-state index < -0.39 is 23.9 Å². The molecule has 0 aliphatic carbocycles. The number of hydrogen-bond acceptors (Lipinski definition) is 7. The van der Waals surface area contributed by atoms with E-state index in [0.29, 0.717) is 41.9 Å². The molecule has 0 bridgehead atoms. The predicted molar refractivity (Wildman–Crippen MR) is 169 cm³/mol. The Hall–Kier alpha value is -4.69. The van der Waals surface area contributed by atoms with Gasteiger partial charge in [0.15, 0.2) is 5.82 Å². The number of hydrogen-bond donors (Lipinski definition) is 0. The van der Waals surface area contributed by atoms with Crippen LogP contribution in [0.2, 0.25) is 0 Å². The number of amides is 1. The Morgan fingerprint density at radius 3 is 2.74 bits per heavy atom. The molecule has 1 amide bonds. The van der Waals surface area contributed by atoms with E-state index in [4.69, 9.17) is 15.9 Å². The minimum absolute atomic E-state index is 0.0209. The molecule has 4 atom stereocenters. The second-order valence-corrected chi connectivity index (χ2v) is 11.7. The Kier molecular flexibility index (Phi) is 8.82. The number of carbonyl (C=O) groups is 1. The molecular formula is C35H34F3N5O3. The molecule has 7 rings (SSSR count). The van der Waals surface area contributed by atoms with Crippen LogP contribution in [0.5, 0.6) is 11.9 Å². The third-order valence-corrected chi connectivity index (χ3v) is 9.07. The maximum absolute atomic E-state index is 16.0. The molecule has 2 aromatic heterocycles. The highest BCUT2D eigenvalue weighted by atomic mass is 19.1. The zero-order valence-electron chi connectivity index (χ0n) is 25.7. The average Bonchev–Trinajstić information content (AvgIpc) is 3.76. The zero-order chi connectivity index (χ0) is 32.5. The van der Waals surface area contributed by atoms with Gasteiger partial charge in [-0.1, -0.05) is 36.8 Å². The molecule has 0 spiro atoms. The number of fused-ring (bicyclic) bond motifs is 3. The lowest BCUT2D eigenvalue weighted by Crippen LogP contribution is -2.38. The predicted octanol–water partition coefficient (Wildman–Crippen LogP) is 5.86. The molecule has 8 nitrogen and oxygen atoms in total. The van der Waals surface area contributed by atoms with Gasteiger partial charge in [-0.3, -0.25) is 14.7 Å². The average molecular weight is 630 g/mol. The number of methoxy groups -OCH3 is 1. The number of rotatable bonds is 5. The van der Waals surface area contributed by atoms with Gasteiger partial charge in [0, 0.05) is 42.7 Å². The van der Waals surface area contributed by atoms with Crippen LogP contribution < -0.4 is 9.47 Å². The highest BCUT2D eigenvalue weighted by Gasteiger charge is 2.36. The number of likely N-dealkylation sites (tertiary alicyclic amines) is 1. The van der Waals surface area contributed by atoms with E-state index in [1.165, 1.54) is 38.3 Å². The minimum atomic E-state index is -0.759. The molecule has 4 unspecified atom stereocenters. The van der Waals surface area contributed by atoms with Gasteiger partial charge in [-0.25, -0.2) is 13.2 Å². The van der Waals surface area contributed by atoms with Gasteiger partial charge in [-0.15, -0.1) is 6.42 Å². The van der Waals surface area contributed by atoms with E-state index in [9.17, 15) is 13.6 Å². The van der Waals surface area contributed by atoms with Crippen molar-refractivity contribution in [1.29, 1.82) is 0 Å². The van der Waals surface area contributed by atoms with Crippen LogP contribution >= 0.6 is 0 Å². The minimum Gasteiger partial charge on any atom is -0.471 e. The summed E-state index contributed by atoms with van der Waals surface area (Å²) in [5.74, 6) is 0.910. The maximum atomic E-state index is 16.0. The van der Waals surface area contributed by atoms with Crippen molar-refractivity contribution in [3.05, 3.63) is 66.4 Å². The SMILES string of the molecule is C#Cc1c(F)ccc2cccc(-c3ncc4c(OC5CCN(C(=O)C=C)C5C)nc(OC)nc4c3F)c12.FC1CC2CCCN2C1. The van der Waals surface area contributed by atoms with E-state index in [-0.39, 0.29) is 46.0 Å². The first-order chi connectivity index (χ1) is 22.2. The lowest BCUT2D eigenvalue weighted by atomic mass is 9.96. The molecule has 3 saturated heterocycles. The van der Waals surface area contributed by atoms with E-state index in [2.05, 4.69) is 32.4 Å². The normalized spacial score (nSPS) is 22.3. The van der Waals surface area contributed by atoms with E-state index in [1.54, 1.807) is 29.2 Å². The number of benzene rings is 2. The number of nitrogens with zero attached hydrogens (tertiary/aromatic N) is 5. The Bertz CT molecular complexity index is 1850. The van der Waals surface area contributed by atoms with Crippen LogP contribution in [-0.2, 0) is 4.79 Å². The summed E-state index contributed by atoms with van der Waals surface area (Å²) in [6.07, 6.45) is 11.2. The van der Waals surface area contributed by atoms with E-state index >= 15 is 4.39 Å². The fourth-order valence-corrected chi connectivity index (χ4v) is 6.74.